The molecule has 9 heteroatoms. The molecule has 0 aliphatic rings. The molecule has 0 aliphatic heterocycles. The number of aromatic nitrogens is 2. The molecule has 20 heavy (non-hydrogen) atoms. The highest BCUT2D eigenvalue weighted by atomic mass is 35.5. The van der Waals surface area contributed by atoms with E-state index in [9.17, 15) is 8.42 Å². The third-order valence-corrected chi connectivity index (χ3v) is 4.80. The maximum Gasteiger partial charge on any atom is 0.266 e. The van der Waals surface area contributed by atoms with Gasteiger partial charge in [0.05, 0.1) is 15.7 Å². The highest BCUT2D eigenvalue weighted by Crippen LogP contribution is 2.28. The molecule has 0 fully saturated rings. The summed E-state index contributed by atoms with van der Waals surface area (Å²) in [6.45, 7) is 1.63. The van der Waals surface area contributed by atoms with Gasteiger partial charge >= 0.3 is 0 Å². The van der Waals surface area contributed by atoms with Crippen molar-refractivity contribution in [3.8, 4) is 0 Å². The van der Waals surface area contributed by atoms with Crippen LogP contribution < -0.4 is 4.72 Å². The number of aryl methyl sites for hydroxylation is 1. The molecule has 2 rings (SSSR count). The van der Waals surface area contributed by atoms with E-state index in [4.69, 9.17) is 34.8 Å². The normalized spacial score (nSPS) is 11.4. The summed E-state index contributed by atoms with van der Waals surface area (Å²) in [5.74, 6) is -0.0199. The molecule has 106 valence electrons. The number of hydrogen-bond donors (Lipinski definition) is 1. The minimum absolute atomic E-state index is 0.0199. The molecule has 2 aromatic rings. The number of rotatable bonds is 3. The van der Waals surface area contributed by atoms with E-state index in [1.54, 1.807) is 6.92 Å². The summed E-state index contributed by atoms with van der Waals surface area (Å²) in [5, 5.41) is 0.295. The van der Waals surface area contributed by atoms with Gasteiger partial charge in [0.15, 0.2) is 5.82 Å². The fraction of sp³-hybridized carbons (Fsp3) is 0.0909. The molecule has 5 nitrogen and oxygen atoms in total. The van der Waals surface area contributed by atoms with E-state index in [1.807, 2.05) is 0 Å². The van der Waals surface area contributed by atoms with Crippen LogP contribution in [0.5, 0.6) is 0 Å². The zero-order chi connectivity index (χ0) is 14.9. The molecule has 1 N–H and O–H groups in total. The topological polar surface area (TPSA) is 72.0 Å². The highest BCUT2D eigenvalue weighted by Gasteiger charge is 2.20. The van der Waals surface area contributed by atoms with Crippen LogP contribution in [0.15, 0.2) is 29.3 Å². The lowest BCUT2D eigenvalue weighted by Gasteiger charge is -2.10. The molecule has 0 unspecified atom stereocenters. The third kappa shape index (κ3) is 3.15. The maximum atomic E-state index is 12.2. The minimum atomic E-state index is -3.93. The summed E-state index contributed by atoms with van der Waals surface area (Å²) in [7, 11) is -3.93. The molecule has 0 atom stereocenters. The largest absolute Gasteiger partial charge is 0.266 e. The second kappa shape index (κ2) is 5.73. The first-order valence-electron chi connectivity index (χ1n) is 5.27. The summed E-state index contributed by atoms with van der Waals surface area (Å²) in [4.78, 5) is 7.55. The van der Waals surface area contributed by atoms with Crippen molar-refractivity contribution in [3.05, 3.63) is 45.3 Å². The quantitative estimate of drug-likeness (QED) is 0.858. The van der Waals surface area contributed by atoms with Gasteiger partial charge in [-0.1, -0.05) is 34.8 Å². The predicted octanol–water partition coefficient (Wildman–Crippen LogP) is 3.55. The van der Waals surface area contributed by atoms with E-state index in [0.717, 1.165) is 0 Å². The molecule has 0 bridgehead atoms. The minimum Gasteiger partial charge on any atom is -0.262 e. The number of nitrogens with one attached hydrogen (secondary N) is 1. The van der Waals surface area contributed by atoms with E-state index in [-0.39, 0.29) is 20.9 Å². The molecule has 0 radical (unpaired) electrons. The van der Waals surface area contributed by atoms with Crippen LogP contribution in [0.1, 0.15) is 5.69 Å². The number of halogens is 3. The van der Waals surface area contributed by atoms with Gasteiger partial charge in [-0.25, -0.2) is 18.4 Å². The molecule has 0 spiro atoms. The van der Waals surface area contributed by atoms with E-state index in [0.29, 0.717) is 10.7 Å². The Labute approximate surface area is 131 Å². The van der Waals surface area contributed by atoms with E-state index < -0.39 is 10.0 Å². The molecule has 0 aliphatic carbocycles. The van der Waals surface area contributed by atoms with Crippen LogP contribution in [0, 0.1) is 6.92 Å². The van der Waals surface area contributed by atoms with Crippen molar-refractivity contribution in [2.24, 2.45) is 0 Å². The Bertz CT molecular complexity index is 766. The number of sulfonamides is 1. The van der Waals surface area contributed by atoms with Crippen molar-refractivity contribution >= 4 is 50.6 Å². The van der Waals surface area contributed by atoms with Crippen LogP contribution in [0.4, 0.5) is 5.82 Å². The molecule has 2 aromatic heterocycles. The van der Waals surface area contributed by atoms with Gasteiger partial charge in [0.1, 0.15) is 10.0 Å². The van der Waals surface area contributed by atoms with Crippen LogP contribution >= 0.6 is 34.8 Å². The summed E-state index contributed by atoms with van der Waals surface area (Å²) in [6.07, 6.45) is 1.39. The Kier molecular flexibility index (Phi) is 4.39. The predicted molar refractivity (Wildman–Crippen MR) is 79.0 cm³/mol. The van der Waals surface area contributed by atoms with Crippen LogP contribution in [0.2, 0.25) is 15.2 Å². The van der Waals surface area contributed by atoms with Gasteiger partial charge in [-0.2, -0.15) is 0 Å². The second-order valence-electron chi connectivity index (χ2n) is 3.78. The molecular formula is C11H8Cl3N3O2S. The van der Waals surface area contributed by atoms with Crippen LogP contribution in [0.25, 0.3) is 0 Å². The van der Waals surface area contributed by atoms with Crippen molar-refractivity contribution in [3.63, 3.8) is 0 Å². The monoisotopic (exact) mass is 351 g/mol. The smallest absolute Gasteiger partial charge is 0.262 e. The lowest BCUT2D eigenvalue weighted by Crippen LogP contribution is -2.15. The van der Waals surface area contributed by atoms with Crippen molar-refractivity contribution < 1.29 is 8.42 Å². The van der Waals surface area contributed by atoms with E-state index >= 15 is 0 Å². The number of pyridine rings is 2. The van der Waals surface area contributed by atoms with Gasteiger partial charge in [-0.3, -0.25) is 4.72 Å². The Balaban J connectivity index is 2.44. The average Bonchev–Trinajstić information content (AvgIpc) is 2.36. The van der Waals surface area contributed by atoms with Crippen molar-refractivity contribution in [1.29, 1.82) is 0 Å². The number of hydrogen-bond acceptors (Lipinski definition) is 4. The Morgan fingerprint density at radius 1 is 1.20 bits per heavy atom. The molecule has 0 amide bonds. The standard InChI is InChI=1S/C11H8Cl3N3O2S/c1-6-7(12)5-8(13)11(16-6)17-20(18,19)9-3-2-4-15-10(9)14/h2-5H,1H3,(H,16,17). The molecule has 0 aromatic carbocycles. The van der Waals surface area contributed by atoms with Gasteiger partial charge in [0, 0.05) is 6.20 Å². The average molecular weight is 353 g/mol. The first-order chi connectivity index (χ1) is 9.31. The van der Waals surface area contributed by atoms with Gasteiger partial charge in [0.2, 0.25) is 0 Å². The first-order valence-corrected chi connectivity index (χ1v) is 7.89. The summed E-state index contributed by atoms with van der Waals surface area (Å²) in [6, 6.07) is 4.20. The fourth-order valence-electron chi connectivity index (χ4n) is 1.38. The van der Waals surface area contributed by atoms with Gasteiger partial charge in [-0.05, 0) is 25.1 Å². The van der Waals surface area contributed by atoms with Gasteiger partial charge in [-0.15, -0.1) is 0 Å². The van der Waals surface area contributed by atoms with Crippen molar-refractivity contribution in [2.75, 3.05) is 4.72 Å². The molecular weight excluding hydrogens is 345 g/mol. The molecule has 0 saturated heterocycles. The SMILES string of the molecule is Cc1nc(NS(=O)(=O)c2cccnc2Cl)c(Cl)cc1Cl. The van der Waals surface area contributed by atoms with E-state index in [1.165, 1.54) is 24.4 Å². The number of anilines is 1. The van der Waals surface area contributed by atoms with Gasteiger partial charge < -0.3 is 0 Å². The zero-order valence-electron chi connectivity index (χ0n) is 10.1. The summed E-state index contributed by atoms with van der Waals surface area (Å²) >= 11 is 17.5. The maximum absolute atomic E-state index is 12.2. The van der Waals surface area contributed by atoms with Crippen LogP contribution in [-0.4, -0.2) is 18.4 Å². The Hall–Kier alpha value is -1.08. The highest BCUT2D eigenvalue weighted by molar-refractivity contribution is 7.92. The lowest BCUT2D eigenvalue weighted by atomic mass is 10.4. The van der Waals surface area contributed by atoms with Crippen molar-refractivity contribution in [2.45, 2.75) is 11.8 Å². The van der Waals surface area contributed by atoms with Gasteiger partial charge in [0.25, 0.3) is 10.0 Å². The second-order valence-corrected chi connectivity index (χ2v) is 6.61. The van der Waals surface area contributed by atoms with Crippen LogP contribution in [0.3, 0.4) is 0 Å². The lowest BCUT2D eigenvalue weighted by molar-refractivity contribution is 0.600. The van der Waals surface area contributed by atoms with Crippen molar-refractivity contribution in [1.82, 2.24) is 9.97 Å². The Morgan fingerprint density at radius 2 is 1.90 bits per heavy atom. The molecule has 2 heterocycles. The third-order valence-electron chi connectivity index (χ3n) is 2.35. The summed E-state index contributed by atoms with van der Waals surface area (Å²) in [5.41, 5.74) is 0.450. The zero-order valence-corrected chi connectivity index (χ0v) is 13.1. The van der Waals surface area contributed by atoms with Crippen LogP contribution in [-0.2, 0) is 10.0 Å². The Morgan fingerprint density at radius 3 is 2.55 bits per heavy atom. The fourth-order valence-corrected chi connectivity index (χ4v) is 3.32. The molecule has 0 saturated carbocycles. The number of nitrogens with zero attached hydrogens (tertiary/aromatic N) is 2. The van der Waals surface area contributed by atoms with E-state index in [2.05, 4.69) is 14.7 Å². The first kappa shape index (κ1) is 15.3. The summed E-state index contributed by atoms with van der Waals surface area (Å²) < 4.78 is 26.7.